The second kappa shape index (κ2) is 6.00. The van der Waals surface area contributed by atoms with Crippen LogP contribution in [0, 0.1) is 0 Å². The van der Waals surface area contributed by atoms with Crippen LogP contribution in [0.1, 0.15) is 19.8 Å². The first kappa shape index (κ1) is 14.0. The van der Waals surface area contributed by atoms with Crippen molar-refractivity contribution >= 4 is 15.7 Å². The highest BCUT2D eigenvalue weighted by Crippen LogP contribution is 2.12. The van der Waals surface area contributed by atoms with E-state index in [1.807, 2.05) is 6.92 Å². The van der Waals surface area contributed by atoms with Crippen molar-refractivity contribution in [3.63, 3.8) is 0 Å². The van der Waals surface area contributed by atoms with E-state index in [2.05, 4.69) is 4.72 Å². The Labute approximate surface area is 102 Å². The summed E-state index contributed by atoms with van der Waals surface area (Å²) in [6.07, 6.45) is 0.538. The van der Waals surface area contributed by atoms with Crippen LogP contribution in [0.3, 0.4) is 0 Å². The van der Waals surface area contributed by atoms with E-state index in [9.17, 15) is 13.5 Å². The normalized spacial score (nSPS) is 13.5. The summed E-state index contributed by atoms with van der Waals surface area (Å²) in [5.74, 6) is 0. The summed E-state index contributed by atoms with van der Waals surface area (Å²) in [6, 6.07) is 6.10. The molecule has 17 heavy (non-hydrogen) atoms. The number of nitrogens with two attached hydrogens (primary N) is 1. The monoisotopic (exact) mass is 258 g/mol. The van der Waals surface area contributed by atoms with Crippen molar-refractivity contribution < 1.29 is 13.5 Å². The van der Waals surface area contributed by atoms with E-state index in [1.54, 1.807) is 12.1 Å². The lowest BCUT2D eigenvalue weighted by Gasteiger charge is -2.09. The molecule has 1 rings (SSSR count). The fraction of sp³-hybridized carbons (Fsp3) is 0.455. The summed E-state index contributed by atoms with van der Waals surface area (Å²) in [6.45, 7) is 2.06. The average Bonchev–Trinajstić information content (AvgIpc) is 2.28. The van der Waals surface area contributed by atoms with E-state index in [1.165, 1.54) is 12.1 Å². The van der Waals surface area contributed by atoms with E-state index in [-0.39, 0.29) is 11.4 Å². The maximum atomic E-state index is 11.8. The van der Waals surface area contributed by atoms with E-state index < -0.39 is 16.1 Å². The Morgan fingerprint density at radius 1 is 1.47 bits per heavy atom. The third-order valence-corrected chi connectivity index (χ3v) is 3.87. The van der Waals surface area contributed by atoms with Crippen molar-refractivity contribution in [2.75, 3.05) is 12.3 Å². The third kappa shape index (κ3) is 4.33. The molecule has 0 bridgehead atoms. The Hall–Kier alpha value is -1.11. The summed E-state index contributed by atoms with van der Waals surface area (Å²) in [7, 11) is -3.53. The van der Waals surface area contributed by atoms with Gasteiger partial charge in [-0.2, -0.15) is 0 Å². The van der Waals surface area contributed by atoms with Crippen molar-refractivity contribution in [3.05, 3.63) is 24.3 Å². The molecule has 5 nitrogen and oxygen atoms in total. The van der Waals surface area contributed by atoms with Crippen molar-refractivity contribution in [1.82, 2.24) is 4.72 Å². The third-order valence-electron chi connectivity index (χ3n) is 2.41. The molecule has 0 heterocycles. The maximum Gasteiger partial charge on any atom is 0.240 e. The van der Waals surface area contributed by atoms with Crippen LogP contribution >= 0.6 is 0 Å². The lowest BCUT2D eigenvalue weighted by Crippen LogP contribution is -2.27. The van der Waals surface area contributed by atoms with Crippen LogP contribution in [0.15, 0.2) is 29.2 Å². The van der Waals surface area contributed by atoms with Crippen LogP contribution in [0.4, 0.5) is 5.69 Å². The molecule has 6 heteroatoms. The molecule has 0 amide bonds. The van der Waals surface area contributed by atoms with Gasteiger partial charge in [0.05, 0.1) is 11.0 Å². The minimum absolute atomic E-state index is 0.142. The van der Waals surface area contributed by atoms with Gasteiger partial charge in [0, 0.05) is 12.2 Å². The zero-order chi connectivity index (χ0) is 12.9. The van der Waals surface area contributed by atoms with E-state index in [0.29, 0.717) is 18.5 Å². The van der Waals surface area contributed by atoms with Crippen molar-refractivity contribution in [3.8, 4) is 0 Å². The Bertz CT molecular complexity index is 460. The predicted octanol–water partition coefficient (Wildman–Crippen LogP) is 0.708. The lowest BCUT2D eigenvalue weighted by molar-refractivity contribution is 0.162. The SMILES string of the molecule is CCC(O)CCNS(=O)(=O)c1cccc(N)c1. The number of benzene rings is 1. The molecule has 4 N–H and O–H groups in total. The number of aliphatic hydroxyl groups excluding tert-OH is 1. The number of anilines is 1. The Morgan fingerprint density at radius 3 is 2.76 bits per heavy atom. The molecule has 0 spiro atoms. The van der Waals surface area contributed by atoms with Crippen LogP contribution in [0.5, 0.6) is 0 Å². The zero-order valence-electron chi connectivity index (χ0n) is 9.76. The first-order chi connectivity index (χ1) is 7.95. The zero-order valence-corrected chi connectivity index (χ0v) is 10.6. The van der Waals surface area contributed by atoms with Crippen LogP contribution in [-0.4, -0.2) is 26.2 Å². The molecule has 1 unspecified atom stereocenters. The van der Waals surface area contributed by atoms with Gasteiger partial charge in [0.15, 0.2) is 0 Å². The largest absolute Gasteiger partial charge is 0.399 e. The standard InChI is InChI=1S/C11H18N2O3S/c1-2-10(14)6-7-13-17(15,16)11-5-3-4-9(12)8-11/h3-5,8,10,13-14H,2,6-7,12H2,1H3. The molecule has 1 atom stereocenters. The summed E-state index contributed by atoms with van der Waals surface area (Å²) in [4.78, 5) is 0.142. The smallest absolute Gasteiger partial charge is 0.240 e. The summed E-state index contributed by atoms with van der Waals surface area (Å²) in [5, 5.41) is 9.31. The highest BCUT2D eigenvalue weighted by atomic mass is 32.2. The van der Waals surface area contributed by atoms with Gasteiger partial charge in [-0.05, 0) is 31.0 Å². The Kier molecular flexibility index (Phi) is 4.92. The summed E-state index contributed by atoms with van der Waals surface area (Å²) in [5.41, 5.74) is 5.93. The average molecular weight is 258 g/mol. The van der Waals surface area contributed by atoms with Gasteiger partial charge < -0.3 is 10.8 Å². The van der Waals surface area contributed by atoms with Crippen LogP contribution in [0.25, 0.3) is 0 Å². The minimum Gasteiger partial charge on any atom is -0.399 e. The van der Waals surface area contributed by atoms with Gasteiger partial charge in [0.2, 0.25) is 10.0 Å². The quantitative estimate of drug-likeness (QED) is 0.655. The summed E-state index contributed by atoms with van der Waals surface area (Å²) < 4.78 is 26.0. The van der Waals surface area contributed by atoms with Crippen LogP contribution < -0.4 is 10.5 Å². The minimum atomic E-state index is -3.53. The maximum absolute atomic E-state index is 11.8. The number of nitrogen functional groups attached to an aromatic ring is 1. The van der Waals surface area contributed by atoms with Gasteiger partial charge in [0.1, 0.15) is 0 Å². The molecule has 0 saturated heterocycles. The first-order valence-corrected chi connectivity index (χ1v) is 6.97. The van der Waals surface area contributed by atoms with E-state index in [0.717, 1.165) is 0 Å². The number of hydrogen-bond donors (Lipinski definition) is 3. The first-order valence-electron chi connectivity index (χ1n) is 5.49. The van der Waals surface area contributed by atoms with Gasteiger partial charge in [-0.15, -0.1) is 0 Å². The van der Waals surface area contributed by atoms with Crippen molar-refractivity contribution in [1.29, 1.82) is 0 Å². The number of sulfonamides is 1. The van der Waals surface area contributed by atoms with Gasteiger partial charge in [-0.1, -0.05) is 13.0 Å². The molecule has 0 aliphatic carbocycles. The molecule has 96 valence electrons. The molecule has 0 fully saturated rings. The second-order valence-electron chi connectivity index (χ2n) is 3.82. The number of aliphatic hydroxyl groups is 1. The molecule has 0 saturated carbocycles. The van der Waals surface area contributed by atoms with Crippen molar-refractivity contribution in [2.45, 2.75) is 30.8 Å². The fourth-order valence-corrected chi connectivity index (χ4v) is 2.43. The van der Waals surface area contributed by atoms with Gasteiger partial charge in [0.25, 0.3) is 0 Å². The van der Waals surface area contributed by atoms with Gasteiger partial charge in [-0.3, -0.25) is 0 Å². The molecular formula is C11H18N2O3S. The molecule has 0 aliphatic heterocycles. The lowest BCUT2D eigenvalue weighted by atomic mass is 10.2. The molecule has 1 aromatic carbocycles. The number of rotatable bonds is 6. The molecule has 0 radical (unpaired) electrons. The summed E-state index contributed by atoms with van der Waals surface area (Å²) >= 11 is 0. The van der Waals surface area contributed by atoms with Crippen LogP contribution in [0.2, 0.25) is 0 Å². The highest BCUT2D eigenvalue weighted by molar-refractivity contribution is 7.89. The molecule has 1 aromatic rings. The van der Waals surface area contributed by atoms with Gasteiger partial charge in [-0.25, -0.2) is 13.1 Å². The Balaban J connectivity index is 2.63. The topological polar surface area (TPSA) is 92.4 Å². The van der Waals surface area contributed by atoms with Gasteiger partial charge >= 0.3 is 0 Å². The predicted molar refractivity (Wildman–Crippen MR) is 67.0 cm³/mol. The van der Waals surface area contributed by atoms with Crippen LogP contribution in [-0.2, 0) is 10.0 Å². The van der Waals surface area contributed by atoms with E-state index >= 15 is 0 Å². The molecule has 0 aromatic heterocycles. The number of nitrogens with one attached hydrogen (secondary N) is 1. The van der Waals surface area contributed by atoms with E-state index in [4.69, 9.17) is 5.73 Å². The Morgan fingerprint density at radius 2 is 2.18 bits per heavy atom. The second-order valence-corrected chi connectivity index (χ2v) is 5.59. The molecular weight excluding hydrogens is 240 g/mol. The number of hydrogen-bond acceptors (Lipinski definition) is 4. The fourth-order valence-electron chi connectivity index (χ4n) is 1.33. The molecule has 0 aliphatic rings. The highest BCUT2D eigenvalue weighted by Gasteiger charge is 2.13. The van der Waals surface area contributed by atoms with Crippen molar-refractivity contribution in [2.24, 2.45) is 0 Å².